The number of carbonyl (C=O) groups excluding carboxylic acids is 2. The summed E-state index contributed by atoms with van der Waals surface area (Å²) in [5.41, 5.74) is 0.927. The fraction of sp³-hybridized carbons (Fsp3) is 0.429. The largest absolute Gasteiger partial charge is 0.459 e. The zero-order valence-corrected chi connectivity index (χ0v) is 10.9. The first kappa shape index (κ1) is 13.5. The van der Waals surface area contributed by atoms with Crippen LogP contribution in [0, 0.1) is 0 Å². The molecular weight excluding hydrogens is 246 g/mol. The van der Waals surface area contributed by atoms with Crippen LogP contribution in [0.25, 0.3) is 0 Å². The lowest BCUT2D eigenvalue weighted by Crippen LogP contribution is -2.50. The van der Waals surface area contributed by atoms with Gasteiger partial charge in [0.25, 0.3) is 0 Å². The van der Waals surface area contributed by atoms with Crippen molar-refractivity contribution >= 4 is 11.9 Å². The summed E-state index contributed by atoms with van der Waals surface area (Å²) in [6.45, 7) is 2.83. The Kier molecular flexibility index (Phi) is 4.52. The maximum absolute atomic E-state index is 11.9. The summed E-state index contributed by atoms with van der Waals surface area (Å²) in [6.07, 6.45) is 0. The predicted molar refractivity (Wildman–Crippen MR) is 68.2 cm³/mol. The Bertz CT molecular complexity index is 446. The molecule has 1 heterocycles. The molecule has 1 aliphatic heterocycles. The van der Waals surface area contributed by atoms with Crippen LogP contribution in [0.5, 0.6) is 0 Å². The van der Waals surface area contributed by atoms with Crippen molar-refractivity contribution in [3.8, 4) is 0 Å². The fourth-order valence-electron chi connectivity index (χ4n) is 1.92. The Hall–Kier alpha value is -1.88. The van der Waals surface area contributed by atoms with E-state index in [1.165, 1.54) is 4.90 Å². The van der Waals surface area contributed by atoms with Gasteiger partial charge in [0.2, 0.25) is 5.91 Å². The van der Waals surface area contributed by atoms with Gasteiger partial charge in [-0.15, -0.1) is 0 Å². The minimum Gasteiger partial charge on any atom is -0.459 e. The van der Waals surface area contributed by atoms with Gasteiger partial charge in [-0.2, -0.15) is 0 Å². The fourth-order valence-corrected chi connectivity index (χ4v) is 1.92. The maximum atomic E-state index is 11.9. The van der Waals surface area contributed by atoms with Crippen molar-refractivity contribution < 1.29 is 19.1 Å². The SMILES string of the molecule is C[C@H](C(=O)OCc1ccccc1)N1CCOCC1=O. The van der Waals surface area contributed by atoms with Gasteiger partial charge in [0.05, 0.1) is 6.61 Å². The summed E-state index contributed by atoms with van der Waals surface area (Å²) in [7, 11) is 0. The molecule has 1 aromatic carbocycles. The first-order chi connectivity index (χ1) is 9.18. The van der Waals surface area contributed by atoms with Gasteiger partial charge in [-0.3, -0.25) is 4.79 Å². The number of nitrogens with zero attached hydrogens (tertiary/aromatic N) is 1. The number of morpholine rings is 1. The third-order valence-electron chi connectivity index (χ3n) is 3.05. The highest BCUT2D eigenvalue weighted by atomic mass is 16.5. The summed E-state index contributed by atoms with van der Waals surface area (Å²) in [5.74, 6) is -0.561. The lowest BCUT2D eigenvalue weighted by atomic mass is 10.2. The Balaban J connectivity index is 1.87. The number of esters is 1. The number of hydrogen-bond acceptors (Lipinski definition) is 4. The molecule has 1 saturated heterocycles. The first-order valence-electron chi connectivity index (χ1n) is 6.26. The van der Waals surface area contributed by atoms with Crippen molar-refractivity contribution in [2.75, 3.05) is 19.8 Å². The van der Waals surface area contributed by atoms with Crippen LogP contribution < -0.4 is 0 Å². The highest BCUT2D eigenvalue weighted by Gasteiger charge is 2.29. The van der Waals surface area contributed by atoms with E-state index >= 15 is 0 Å². The molecule has 19 heavy (non-hydrogen) atoms. The standard InChI is InChI=1S/C14H17NO4/c1-11(15-7-8-18-10-13(15)16)14(17)19-9-12-5-3-2-4-6-12/h2-6,11H,7-10H2,1H3/t11-/m1/s1. The molecule has 1 aromatic rings. The molecule has 0 aromatic heterocycles. The molecule has 1 atom stereocenters. The predicted octanol–water partition coefficient (Wildman–Crippen LogP) is 0.977. The van der Waals surface area contributed by atoms with E-state index in [-0.39, 0.29) is 25.1 Å². The minimum atomic E-state index is -0.569. The van der Waals surface area contributed by atoms with E-state index in [4.69, 9.17) is 9.47 Å². The van der Waals surface area contributed by atoms with Crippen molar-refractivity contribution in [3.05, 3.63) is 35.9 Å². The molecule has 102 valence electrons. The van der Waals surface area contributed by atoms with Crippen molar-refractivity contribution in [2.24, 2.45) is 0 Å². The van der Waals surface area contributed by atoms with Gasteiger partial charge in [-0.1, -0.05) is 30.3 Å². The van der Waals surface area contributed by atoms with Crippen LogP contribution in [0.1, 0.15) is 12.5 Å². The van der Waals surface area contributed by atoms with Crippen molar-refractivity contribution in [3.63, 3.8) is 0 Å². The zero-order chi connectivity index (χ0) is 13.7. The summed E-state index contributed by atoms with van der Waals surface area (Å²) in [6, 6.07) is 8.88. The van der Waals surface area contributed by atoms with E-state index in [0.717, 1.165) is 5.56 Å². The average Bonchev–Trinajstić information content (AvgIpc) is 2.45. The summed E-state index contributed by atoms with van der Waals surface area (Å²) >= 11 is 0. The Morgan fingerprint density at radius 2 is 2.16 bits per heavy atom. The van der Waals surface area contributed by atoms with Gasteiger partial charge in [0.1, 0.15) is 19.3 Å². The molecule has 0 N–H and O–H groups in total. The molecular formula is C14H17NO4. The van der Waals surface area contributed by atoms with E-state index in [2.05, 4.69) is 0 Å². The van der Waals surface area contributed by atoms with E-state index in [1.807, 2.05) is 30.3 Å². The highest BCUT2D eigenvalue weighted by molar-refractivity contribution is 5.85. The molecule has 0 spiro atoms. The zero-order valence-electron chi connectivity index (χ0n) is 10.9. The monoisotopic (exact) mass is 263 g/mol. The van der Waals surface area contributed by atoms with Crippen LogP contribution in [0.2, 0.25) is 0 Å². The number of amides is 1. The van der Waals surface area contributed by atoms with Crippen LogP contribution in [-0.4, -0.2) is 42.6 Å². The molecule has 0 saturated carbocycles. The summed E-state index contributed by atoms with van der Waals surface area (Å²) < 4.78 is 10.2. The molecule has 5 heteroatoms. The molecule has 0 bridgehead atoms. The van der Waals surface area contributed by atoms with Gasteiger partial charge in [0, 0.05) is 6.54 Å². The van der Waals surface area contributed by atoms with Gasteiger partial charge in [-0.05, 0) is 12.5 Å². The second-order valence-corrected chi connectivity index (χ2v) is 4.41. The number of ether oxygens (including phenoxy) is 2. The average molecular weight is 263 g/mol. The molecule has 0 radical (unpaired) electrons. The Morgan fingerprint density at radius 1 is 1.42 bits per heavy atom. The van der Waals surface area contributed by atoms with Gasteiger partial charge in [0.15, 0.2) is 0 Å². The van der Waals surface area contributed by atoms with Gasteiger partial charge < -0.3 is 14.4 Å². The maximum Gasteiger partial charge on any atom is 0.328 e. The van der Waals surface area contributed by atoms with E-state index in [0.29, 0.717) is 13.2 Å². The highest BCUT2D eigenvalue weighted by Crippen LogP contribution is 2.08. The smallest absolute Gasteiger partial charge is 0.328 e. The van der Waals surface area contributed by atoms with Gasteiger partial charge in [-0.25, -0.2) is 4.79 Å². The van der Waals surface area contributed by atoms with E-state index in [1.54, 1.807) is 6.92 Å². The van der Waals surface area contributed by atoms with Crippen molar-refractivity contribution in [2.45, 2.75) is 19.6 Å². The third-order valence-corrected chi connectivity index (χ3v) is 3.05. The second kappa shape index (κ2) is 6.33. The minimum absolute atomic E-state index is 0.0380. The molecule has 0 unspecified atom stereocenters. The topological polar surface area (TPSA) is 55.8 Å². The molecule has 5 nitrogen and oxygen atoms in total. The molecule has 1 fully saturated rings. The van der Waals surface area contributed by atoms with E-state index in [9.17, 15) is 9.59 Å². The van der Waals surface area contributed by atoms with E-state index < -0.39 is 6.04 Å². The molecule has 1 aliphatic rings. The number of hydrogen-bond donors (Lipinski definition) is 0. The lowest BCUT2D eigenvalue weighted by molar-refractivity contribution is -0.160. The first-order valence-corrected chi connectivity index (χ1v) is 6.26. The number of carbonyl (C=O) groups is 2. The molecule has 2 rings (SSSR count). The van der Waals surface area contributed by atoms with Gasteiger partial charge >= 0.3 is 5.97 Å². The molecule has 1 amide bonds. The summed E-state index contributed by atoms with van der Waals surface area (Å²) in [5, 5.41) is 0. The summed E-state index contributed by atoms with van der Waals surface area (Å²) in [4.78, 5) is 25.0. The number of benzene rings is 1. The lowest BCUT2D eigenvalue weighted by Gasteiger charge is -2.30. The van der Waals surface area contributed by atoms with Crippen molar-refractivity contribution in [1.82, 2.24) is 4.90 Å². The number of rotatable bonds is 4. The van der Waals surface area contributed by atoms with Crippen LogP contribution >= 0.6 is 0 Å². The quantitative estimate of drug-likeness (QED) is 0.760. The Labute approximate surface area is 112 Å². The van der Waals surface area contributed by atoms with Crippen LogP contribution in [0.3, 0.4) is 0 Å². The second-order valence-electron chi connectivity index (χ2n) is 4.41. The normalized spacial score (nSPS) is 17.1. The van der Waals surface area contributed by atoms with Crippen molar-refractivity contribution in [1.29, 1.82) is 0 Å². The Morgan fingerprint density at radius 3 is 2.84 bits per heavy atom. The van der Waals surface area contributed by atoms with Crippen LogP contribution in [0.4, 0.5) is 0 Å². The van der Waals surface area contributed by atoms with Crippen LogP contribution in [-0.2, 0) is 25.7 Å². The van der Waals surface area contributed by atoms with Crippen LogP contribution in [0.15, 0.2) is 30.3 Å². The third kappa shape index (κ3) is 3.54. The molecule has 0 aliphatic carbocycles.